The number of anilines is 2. The van der Waals surface area contributed by atoms with Crippen LogP contribution in [0.4, 0.5) is 11.4 Å². The van der Waals surface area contributed by atoms with Crippen molar-refractivity contribution in [1.82, 2.24) is 29.4 Å². The highest BCUT2D eigenvalue weighted by molar-refractivity contribution is 5.95. The average molecular weight is 2040 g/mol. The molecular formula is C122H156N8O19. The van der Waals surface area contributed by atoms with Gasteiger partial charge in [0, 0.05) is 107 Å². The number of esters is 6. The minimum atomic E-state index is -0.527. The Hall–Kier alpha value is -11.4. The highest BCUT2D eigenvalue weighted by Gasteiger charge is 2.52. The quantitative estimate of drug-likeness (QED) is 0.0353. The van der Waals surface area contributed by atoms with Crippen molar-refractivity contribution in [1.29, 1.82) is 0 Å². The highest BCUT2D eigenvalue weighted by atomic mass is 16.7. The number of nitrogens with one attached hydrogen (secondary N) is 1. The lowest BCUT2D eigenvalue weighted by Crippen LogP contribution is -2.49. The van der Waals surface area contributed by atoms with E-state index in [1.54, 1.807) is 72.8 Å². The number of hydrogen-bond donors (Lipinski definition) is 1. The van der Waals surface area contributed by atoms with Crippen LogP contribution in [-0.2, 0) is 80.9 Å². The number of carbonyl (C=O) groups excluding carboxylic acids is 7. The van der Waals surface area contributed by atoms with Crippen molar-refractivity contribution in [3.63, 3.8) is 0 Å². The van der Waals surface area contributed by atoms with Crippen LogP contribution in [0.25, 0.3) is 22.3 Å². The second kappa shape index (κ2) is 56.1. The molecule has 1 N–H and O–H groups in total. The molecule has 19 rings (SSSR count). The smallest absolute Gasteiger partial charge is 0.338 e. The molecule has 149 heavy (non-hydrogen) atoms. The number of rotatable bonds is 28. The Kier molecular flexibility index (Phi) is 42.1. The number of ether oxygens (including phenoxy) is 12. The van der Waals surface area contributed by atoms with Gasteiger partial charge in [-0.25, -0.2) is 28.8 Å². The van der Waals surface area contributed by atoms with Gasteiger partial charge in [0.2, 0.25) is 5.91 Å². The summed E-state index contributed by atoms with van der Waals surface area (Å²) in [6, 6.07) is 70.0. The average Bonchev–Trinajstić information content (AvgIpc) is 1.67. The number of unbranched alkanes of at least 4 members (excludes halogenated alkanes) is 3. The van der Waals surface area contributed by atoms with E-state index in [1.807, 2.05) is 91.9 Å². The zero-order chi connectivity index (χ0) is 105. The first-order chi connectivity index (χ1) is 72.3. The normalized spacial score (nSPS) is 22.0. The molecule has 0 unspecified atom stereocenters. The molecule has 1 spiro atoms. The van der Waals surface area contributed by atoms with Crippen LogP contribution in [-0.4, -0.2) is 294 Å². The van der Waals surface area contributed by atoms with Crippen LogP contribution in [0.1, 0.15) is 232 Å². The molecule has 10 saturated heterocycles. The summed E-state index contributed by atoms with van der Waals surface area (Å²) in [7, 11) is 12.6. The third kappa shape index (κ3) is 33.3. The number of aryl methyl sites for hydroxylation is 4. The maximum atomic E-state index is 12.6. The maximum absolute atomic E-state index is 12.6. The Morgan fingerprint density at radius 2 is 0.564 bits per heavy atom. The Morgan fingerprint density at radius 3 is 0.872 bits per heavy atom. The van der Waals surface area contributed by atoms with Crippen LogP contribution in [0.2, 0.25) is 0 Å². The molecule has 27 nitrogen and oxygen atoms in total. The van der Waals surface area contributed by atoms with Gasteiger partial charge in [-0.15, -0.1) is 0 Å². The standard InChI is InChI=1S/C28H38N2O4.2C26H32N2O4.C25H28O6.C17H26N2O/c1-3-4-5-22-6-8-23(9-7-22)26-31-18-28(19-32-26)20-33-27(34-21-28)24-10-12-25(13-11-24)30-16-14-29(2)15-17-30;2*1-27-15-11-23(12-16-27)31-25(29)21-7-3-19(4-8-21)20-5-9-22(10-6-20)26(30)32-24-13-17-28(2)18-14-24;1-3-4-5-17-8-12-19(13-9-17)25(27)31-21-15-29-22-20(14-28-23(21)22)30-24(26)18-10-6-16(2)7-11-18;1-3-4-5-14-6-8-16(9-7-14)18-17(20)15-10-12-19(2)13-11-15/h6-13,26-27H,3-5,14-21H2,1-2H3;2*3-10,23-24H,11-18H2,1-2H3;6-13,20-23H,3-5,14-15H2,1-2H3;6-9,15H,3-5,10-13H2,1-2H3,(H,18,20)/t;;;20-,21+,22+,23+;/m...0./s1. The molecule has 27 heteroatoms. The number of fused-ring (bicyclic) bond motifs is 1. The van der Waals surface area contributed by atoms with E-state index in [9.17, 15) is 33.6 Å². The number of hydrogen-bond acceptors (Lipinski definition) is 26. The van der Waals surface area contributed by atoms with Gasteiger partial charge in [-0.05, 0) is 301 Å². The van der Waals surface area contributed by atoms with Crippen LogP contribution in [0, 0.1) is 18.3 Å². The molecule has 0 aliphatic carbocycles. The first-order valence-corrected chi connectivity index (χ1v) is 54.3. The number of likely N-dealkylation sites (N-methyl/N-ethyl adjacent to an activating group) is 1. The third-order valence-corrected chi connectivity index (χ3v) is 30.1. The number of likely N-dealkylation sites (tertiary alicyclic amines) is 5. The second-order valence-electron chi connectivity index (χ2n) is 42.1. The van der Waals surface area contributed by atoms with Gasteiger partial charge in [0.25, 0.3) is 0 Å². The van der Waals surface area contributed by atoms with Gasteiger partial charge in [0.05, 0.1) is 78.4 Å². The van der Waals surface area contributed by atoms with Gasteiger partial charge in [-0.2, -0.15) is 0 Å². The summed E-state index contributed by atoms with van der Waals surface area (Å²) < 4.78 is 70.0. The molecule has 9 aromatic rings. The summed E-state index contributed by atoms with van der Waals surface area (Å²) in [6.07, 6.45) is 16.8. The number of piperidine rings is 5. The van der Waals surface area contributed by atoms with Gasteiger partial charge in [-0.3, -0.25) is 4.79 Å². The van der Waals surface area contributed by atoms with Crippen molar-refractivity contribution in [2.24, 2.45) is 11.3 Å². The highest BCUT2D eigenvalue weighted by Crippen LogP contribution is 2.40. The van der Waals surface area contributed by atoms with E-state index < -0.39 is 36.4 Å². The lowest BCUT2D eigenvalue weighted by atomic mass is 9.90. The molecule has 0 bridgehead atoms. The van der Waals surface area contributed by atoms with Gasteiger partial charge >= 0.3 is 35.8 Å². The van der Waals surface area contributed by atoms with E-state index in [-0.39, 0.29) is 91.3 Å². The van der Waals surface area contributed by atoms with E-state index in [2.05, 4.69) is 163 Å². The summed E-state index contributed by atoms with van der Waals surface area (Å²) in [5, 5.41) is 3.05. The predicted octanol–water partition coefficient (Wildman–Crippen LogP) is 19.5. The predicted molar refractivity (Wildman–Crippen MR) is 578 cm³/mol. The van der Waals surface area contributed by atoms with E-state index in [1.165, 1.54) is 48.1 Å². The van der Waals surface area contributed by atoms with Crippen molar-refractivity contribution in [3.05, 3.63) is 285 Å². The molecule has 10 aliphatic heterocycles. The fourth-order valence-electron chi connectivity index (χ4n) is 19.9. The van der Waals surface area contributed by atoms with Crippen molar-refractivity contribution in [2.45, 2.75) is 211 Å². The summed E-state index contributed by atoms with van der Waals surface area (Å²) >= 11 is 0. The minimum Gasteiger partial charge on any atom is -0.459 e. The largest absolute Gasteiger partial charge is 0.459 e. The lowest BCUT2D eigenvalue weighted by Gasteiger charge is -2.43. The van der Waals surface area contributed by atoms with Crippen LogP contribution in [0.15, 0.2) is 218 Å². The fourth-order valence-corrected chi connectivity index (χ4v) is 19.9. The van der Waals surface area contributed by atoms with Crippen LogP contribution >= 0.6 is 0 Å². The summed E-state index contributed by atoms with van der Waals surface area (Å²) in [4.78, 5) is 103. The molecular weight excluding hydrogens is 1880 g/mol. The molecule has 0 saturated carbocycles. The summed E-state index contributed by atoms with van der Waals surface area (Å²) in [5.74, 6) is -1.53. The molecule has 0 radical (unpaired) electrons. The van der Waals surface area contributed by atoms with Crippen LogP contribution < -0.4 is 10.2 Å². The molecule has 10 aliphatic rings. The minimum absolute atomic E-state index is 0.000182. The summed E-state index contributed by atoms with van der Waals surface area (Å²) in [6.45, 7) is 25.3. The van der Waals surface area contributed by atoms with E-state index in [0.29, 0.717) is 59.8 Å². The first kappa shape index (κ1) is 112. The molecule has 0 aromatic heterocycles. The topological polar surface area (TPSA) is 265 Å². The zero-order valence-electron chi connectivity index (χ0n) is 89.1. The molecule has 9 aromatic carbocycles. The molecule has 798 valence electrons. The Morgan fingerprint density at radius 1 is 0.302 bits per heavy atom. The molecule has 1 amide bonds. The van der Waals surface area contributed by atoms with Gasteiger partial charge < -0.3 is 96.5 Å². The van der Waals surface area contributed by atoms with E-state index in [4.69, 9.17) is 56.8 Å². The number of piperazine rings is 1. The SMILES string of the molecule is CCCCc1ccc(C(=O)O[C@@H]2CO[C@H]3[C@@H]2OC[C@@H]3OC(=O)c2ccc(C)cc2)cc1.CCCCc1ccc(C2OCC3(CO2)COC(c2ccc(N4CCN(C)CC4)cc2)OC3)cc1.CCCCc1ccc(NC(=O)C2CCN(C)CC2)cc1.CN1CCC(OC(=O)c2ccc(-c3ccc(C(=O)OC4CCN(C)CC4)cc3)cc2)CC1.CN1CCC(OC(=O)c2ccc(-c3ccc(C(=O)OC4CCN(C)CC4)cc3)cc2)CC1. The monoisotopic (exact) mass is 2040 g/mol. The fraction of sp³-hybridized carbons (Fsp3) is 0.500. The first-order valence-electron chi connectivity index (χ1n) is 54.3. The Bertz CT molecular complexity index is 5330. The van der Waals surface area contributed by atoms with Gasteiger partial charge in [0.1, 0.15) is 36.6 Å². The Balaban J connectivity index is 0.000000141. The van der Waals surface area contributed by atoms with Crippen molar-refractivity contribution in [3.8, 4) is 22.3 Å². The summed E-state index contributed by atoms with van der Waals surface area (Å²) in [5.41, 5.74) is 16.2. The van der Waals surface area contributed by atoms with Crippen molar-refractivity contribution < 1.29 is 90.4 Å². The zero-order valence-corrected chi connectivity index (χ0v) is 89.1. The van der Waals surface area contributed by atoms with Crippen molar-refractivity contribution >= 4 is 53.1 Å². The van der Waals surface area contributed by atoms with E-state index in [0.717, 1.165) is 233 Å². The van der Waals surface area contributed by atoms with Crippen molar-refractivity contribution in [2.75, 3.05) is 184 Å². The van der Waals surface area contributed by atoms with Crippen LogP contribution in [0.3, 0.4) is 0 Å². The third-order valence-electron chi connectivity index (χ3n) is 30.1. The van der Waals surface area contributed by atoms with E-state index >= 15 is 0 Å². The second-order valence-corrected chi connectivity index (χ2v) is 42.1. The number of benzene rings is 9. The molecule has 10 fully saturated rings. The Labute approximate surface area is 881 Å². The number of carbonyl (C=O) groups is 7. The molecule has 10 heterocycles. The number of nitrogens with zero attached hydrogens (tertiary/aromatic N) is 7. The molecule has 4 atom stereocenters. The lowest BCUT2D eigenvalue weighted by molar-refractivity contribution is -0.307. The van der Waals surface area contributed by atoms with Gasteiger partial charge in [0.15, 0.2) is 24.8 Å². The van der Waals surface area contributed by atoms with Crippen LogP contribution in [0.5, 0.6) is 0 Å². The van der Waals surface area contributed by atoms with Gasteiger partial charge in [-0.1, -0.05) is 167 Å². The maximum Gasteiger partial charge on any atom is 0.338 e. The number of amides is 1.